The lowest BCUT2D eigenvalue weighted by atomic mass is 10.2. The third-order valence-corrected chi connectivity index (χ3v) is 3.94. The van der Waals surface area contributed by atoms with Crippen molar-refractivity contribution in [3.63, 3.8) is 0 Å². The molecule has 7 heteroatoms. The van der Waals surface area contributed by atoms with E-state index in [1.165, 1.54) is 0 Å². The van der Waals surface area contributed by atoms with E-state index in [9.17, 15) is 9.59 Å². The van der Waals surface area contributed by atoms with Crippen molar-refractivity contribution in [2.75, 3.05) is 29.2 Å². The third-order valence-electron chi connectivity index (χ3n) is 3.94. The molecule has 0 bridgehead atoms. The lowest BCUT2D eigenvalue weighted by molar-refractivity contribution is -0.118. The normalized spacial score (nSPS) is 10.0. The fourth-order valence-corrected chi connectivity index (χ4v) is 2.67. The lowest BCUT2D eigenvalue weighted by Gasteiger charge is -2.12. The largest absolute Gasteiger partial charge is 0.490 e. The van der Waals surface area contributed by atoms with Crippen LogP contribution < -0.4 is 25.4 Å². The molecule has 0 aliphatic heterocycles. The summed E-state index contributed by atoms with van der Waals surface area (Å²) in [7, 11) is 0. The van der Waals surface area contributed by atoms with Crippen molar-refractivity contribution in [2.24, 2.45) is 0 Å². The van der Waals surface area contributed by atoms with Gasteiger partial charge in [-0.1, -0.05) is 36.4 Å². The van der Waals surface area contributed by atoms with Gasteiger partial charge in [-0.3, -0.25) is 4.79 Å². The molecule has 3 rings (SSSR count). The predicted octanol–water partition coefficient (Wildman–Crippen LogP) is 4.75. The van der Waals surface area contributed by atoms with Crippen LogP contribution in [0.1, 0.15) is 6.92 Å². The summed E-state index contributed by atoms with van der Waals surface area (Å²) in [5.41, 5.74) is 1.77. The second-order valence-electron chi connectivity index (χ2n) is 6.24. The van der Waals surface area contributed by atoms with E-state index in [1.54, 1.807) is 48.5 Å². The number of carbonyl (C=O) groups excluding carboxylic acids is 2. The van der Waals surface area contributed by atoms with Crippen LogP contribution in [0.2, 0.25) is 0 Å². The van der Waals surface area contributed by atoms with Gasteiger partial charge >= 0.3 is 6.03 Å². The van der Waals surface area contributed by atoms with Gasteiger partial charge in [0.2, 0.25) is 0 Å². The van der Waals surface area contributed by atoms with Gasteiger partial charge in [-0.25, -0.2) is 4.79 Å². The molecule has 154 valence electrons. The lowest BCUT2D eigenvalue weighted by Crippen LogP contribution is -2.21. The minimum Gasteiger partial charge on any atom is -0.490 e. The monoisotopic (exact) mass is 405 g/mol. The molecule has 0 aliphatic carbocycles. The Labute approximate surface area is 175 Å². The van der Waals surface area contributed by atoms with Crippen molar-refractivity contribution in [3.05, 3.63) is 78.9 Å². The molecule has 3 aromatic rings. The number of ether oxygens (including phenoxy) is 2. The van der Waals surface area contributed by atoms with Gasteiger partial charge in [0.1, 0.15) is 0 Å². The number of rotatable bonds is 8. The van der Waals surface area contributed by atoms with Crippen molar-refractivity contribution in [1.82, 2.24) is 0 Å². The molecule has 0 aromatic heterocycles. The number of amides is 3. The highest BCUT2D eigenvalue weighted by atomic mass is 16.5. The number of nitrogens with one attached hydrogen (secondary N) is 3. The summed E-state index contributed by atoms with van der Waals surface area (Å²) < 4.78 is 11.0. The molecule has 0 saturated carbocycles. The second-order valence-corrected chi connectivity index (χ2v) is 6.24. The Morgan fingerprint density at radius 1 is 0.700 bits per heavy atom. The maximum atomic E-state index is 12.3. The van der Waals surface area contributed by atoms with Crippen molar-refractivity contribution in [3.8, 4) is 11.5 Å². The molecular weight excluding hydrogens is 382 g/mol. The molecular formula is C23H23N3O4. The zero-order valence-electron chi connectivity index (χ0n) is 16.6. The van der Waals surface area contributed by atoms with Gasteiger partial charge in [-0.2, -0.15) is 0 Å². The van der Waals surface area contributed by atoms with E-state index >= 15 is 0 Å². The molecule has 7 nitrogen and oxygen atoms in total. The van der Waals surface area contributed by atoms with E-state index in [1.807, 2.05) is 37.3 Å². The van der Waals surface area contributed by atoms with Crippen LogP contribution in [0.15, 0.2) is 78.9 Å². The summed E-state index contributed by atoms with van der Waals surface area (Å²) in [5, 5.41) is 8.22. The summed E-state index contributed by atoms with van der Waals surface area (Å²) in [6.45, 7) is 2.21. The fraction of sp³-hybridized carbons (Fsp3) is 0.130. The van der Waals surface area contributed by atoms with Gasteiger partial charge in [-0.15, -0.1) is 0 Å². The van der Waals surface area contributed by atoms with E-state index < -0.39 is 0 Å². The van der Waals surface area contributed by atoms with E-state index in [4.69, 9.17) is 9.47 Å². The second kappa shape index (κ2) is 10.5. The highest BCUT2D eigenvalue weighted by molar-refractivity contribution is 6.00. The van der Waals surface area contributed by atoms with Gasteiger partial charge in [0, 0.05) is 17.1 Å². The first-order valence-electron chi connectivity index (χ1n) is 9.51. The first kappa shape index (κ1) is 20.7. The number of hydrogen-bond donors (Lipinski definition) is 3. The zero-order valence-corrected chi connectivity index (χ0v) is 16.6. The van der Waals surface area contributed by atoms with Crippen LogP contribution in [0.25, 0.3) is 0 Å². The Morgan fingerprint density at radius 3 is 1.97 bits per heavy atom. The summed E-state index contributed by atoms with van der Waals surface area (Å²) in [4.78, 5) is 24.4. The van der Waals surface area contributed by atoms with Crippen LogP contribution in [-0.2, 0) is 4.79 Å². The number of para-hydroxylation sites is 3. The van der Waals surface area contributed by atoms with Crippen molar-refractivity contribution in [1.29, 1.82) is 0 Å². The highest BCUT2D eigenvalue weighted by Gasteiger charge is 2.09. The molecule has 0 aliphatic rings. The van der Waals surface area contributed by atoms with Crippen LogP contribution in [0.4, 0.5) is 21.9 Å². The molecule has 0 radical (unpaired) electrons. The third kappa shape index (κ3) is 6.27. The molecule has 3 aromatic carbocycles. The maximum absolute atomic E-state index is 12.3. The van der Waals surface area contributed by atoms with Gasteiger partial charge in [-0.05, 0) is 49.4 Å². The quantitative estimate of drug-likeness (QED) is 0.505. The van der Waals surface area contributed by atoms with Crippen LogP contribution >= 0.6 is 0 Å². The molecule has 0 spiro atoms. The van der Waals surface area contributed by atoms with Gasteiger partial charge in [0.05, 0.1) is 6.61 Å². The van der Waals surface area contributed by atoms with Crippen molar-refractivity contribution >= 4 is 29.0 Å². The van der Waals surface area contributed by atoms with Crippen molar-refractivity contribution < 1.29 is 19.1 Å². The first-order chi connectivity index (χ1) is 14.6. The van der Waals surface area contributed by atoms with Gasteiger partial charge < -0.3 is 25.4 Å². The van der Waals surface area contributed by atoms with E-state index in [-0.39, 0.29) is 18.5 Å². The van der Waals surface area contributed by atoms with Gasteiger partial charge in [0.15, 0.2) is 18.1 Å². The number of urea groups is 1. The number of hydrogen-bond acceptors (Lipinski definition) is 4. The standard InChI is InChI=1S/C23H23N3O4/c1-2-29-20-13-6-7-14-21(20)30-16-22(27)24-18-11-8-12-19(15-18)26-23(28)25-17-9-4-3-5-10-17/h3-15H,2,16H2,1H3,(H,24,27)(H2,25,26,28). The average Bonchev–Trinajstić information content (AvgIpc) is 2.74. The number of carbonyl (C=O) groups is 2. The maximum Gasteiger partial charge on any atom is 0.323 e. The number of benzene rings is 3. The summed E-state index contributed by atoms with van der Waals surface area (Å²) in [6, 6.07) is 22.8. The first-order valence-corrected chi connectivity index (χ1v) is 9.51. The molecule has 30 heavy (non-hydrogen) atoms. The smallest absolute Gasteiger partial charge is 0.323 e. The summed E-state index contributed by atoms with van der Waals surface area (Å²) in [6.07, 6.45) is 0. The Balaban J connectivity index is 1.53. The average molecular weight is 405 g/mol. The van der Waals surface area contributed by atoms with E-state index in [0.717, 1.165) is 0 Å². The Bertz CT molecular complexity index is 993. The molecule has 0 atom stereocenters. The minimum absolute atomic E-state index is 0.170. The minimum atomic E-state index is -0.374. The SMILES string of the molecule is CCOc1ccccc1OCC(=O)Nc1cccc(NC(=O)Nc2ccccc2)c1. The van der Waals surface area contributed by atoms with Crippen LogP contribution in [0, 0.1) is 0 Å². The topological polar surface area (TPSA) is 88.7 Å². The van der Waals surface area contributed by atoms with Crippen LogP contribution in [0.5, 0.6) is 11.5 Å². The fourth-order valence-electron chi connectivity index (χ4n) is 2.67. The Hall–Kier alpha value is -4.00. The van der Waals surface area contributed by atoms with Crippen LogP contribution in [-0.4, -0.2) is 25.2 Å². The van der Waals surface area contributed by atoms with E-state index in [0.29, 0.717) is 35.2 Å². The number of anilines is 3. The van der Waals surface area contributed by atoms with Gasteiger partial charge in [0.25, 0.3) is 5.91 Å². The van der Waals surface area contributed by atoms with Crippen molar-refractivity contribution in [2.45, 2.75) is 6.92 Å². The molecule has 3 amide bonds. The Morgan fingerprint density at radius 2 is 1.27 bits per heavy atom. The van der Waals surface area contributed by atoms with E-state index in [2.05, 4.69) is 16.0 Å². The molecule has 3 N–H and O–H groups in total. The molecule has 0 saturated heterocycles. The highest BCUT2D eigenvalue weighted by Crippen LogP contribution is 2.26. The van der Waals surface area contributed by atoms with Crippen LogP contribution in [0.3, 0.4) is 0 Å². The zero-order chi connectivity index (χ0) is 21.2. The molecule has 0 fully saturated rings. The molecule has 0 unspecified atom stereocenters. The molecule has 0 heterocycles. The summed E-state index contributed by atoms with van der Waals surface area (Å²) >= 11 is 0. The summed E-state index contributed by atoms with van der Waals surface area (Å²) in [5.74, 6) is 0.762. The predicted molar refractivity (Wildman–Crippen MR) is 117 cm³/mol. The Kier molecular flexibility index (Phi) is 7.27.